The molecule has 0 saturated carbocycles. The second kappa shape index (κ2) is 9.58. The molecule has 1 aliphatic carbocycles. The molecule has 0 spiro atoms. The Morgan fingerprint density at radius 1 is 1.00 bits per heavy atom. The van der Waals surface area contributed by atoms with Gasteiger partial charge in [-0.05, 0) is 55.2 Å². The van der Waals surface area contributed by atoms with E-state index in [1.54, 1.807) is 13.0 Å². The number of nitrogens with one attached hydrogen (secondary N) is 1. The van der Waals surface area contributed by atoms with Gasteiger partial charge in [0.2, 0.25) is 0 Å². The van der Waals surface area contributed by atoms with Gasteiger partial charge in [-0.2, -0.15) is 0 Å². The zero-order chi connectivity index (χ0) is 25.2. The van der Waals surface area contributed by atoms with Gasteiger partial charge >= 0.3 is 12.1 Å². The van der Waals surface area contributed by atoms with Crippen molar-refractivity contribution in [3.63, 3.8) is 0 Å². The van der Waals surface area contributed by atoms with Crippen LogP contribution in [0.2, 0.25) is 0 Å². The van der Waals surface area contributed by atoms with Crippen molar-refractivity contribution in [3.05, 3.63) is 83.7 Å². The summed E-state index contributed by atoms with van der Waals surface area (Å²) >= 11 is 0. The number of hydrogen-bond acceptors (Lipinski definition) is 5. The predicted molar refractivity (Wildman–Crippen MR) is 131 cm³/mol. The molecule has 0 bridgehead atoms. The summed E-state index contributed by atoms with van der Waals surface area (Å²) in [6.45, 7) is 4.84. The number of carbonyl (C=O) groups excluding carboxylic acids is 2. The van der Waals surface area contributed by atoms with Crippen molar-refractivity contribution < 1.29 is 24.2 Å². The van der Waals surface area contributed by atoms with Crippen LogP contribution in [0.5, 0.6) is 0 Å². The SMILES string of the molecule is CCN(C(=O)c1ncccc1NC(=O)OCC1c2ccccc2-c2ccccc21)C(C)(C)C(=O)O. The number of aromatic nitrogens is 1. The minimum Gasteiger partial charge on any atom is -0.480 e. The molecule has 1 heterocycles. The van der Waals surface area contributed by atoms with Crippen molar-refractivity contribution >= 4 is 23.7 Å². The number of ether oxygens (including phenoxy) is 1. The number of benzene rings is 2. The smallest absolute Gasteiger partial charge is 0.411 e. The maximum atomic E-state index is 13.2. The maximum absolute atomic E-state index is 13.2. The maximum Gasteiger partial charge on any atom is 0.411 e. The molecule has 8 heteroatoms. The Hall–Kier alpha value is -4.20. The van der Waals surface area contributed by atoms with Crippen LogP contribution < -0.4 is 5.32 Å². The number of anilines is 1. The molecule has 3 aromatic rings. The van der Waals surface area contributed by atoms with Crippen LogP contribution in [0.25, 0.3) is 11.1 Å². The van der Waals surface area contributed by atoms with E-state index in [0.717, 1.165) is 22.3 Å². The number of fused-ring (bicyclic) bond motifs is 3. The van der Waals surface area contributed by atoms with E-state index < -0.39 is 23.5 Å². The number of carboxylic acid groups (broad SMARTS) is 1. The van der Waals surface area contributed by atoms with Crippen LogP contribution >= 0.6 is 0 Å². The van der Waals surface area contributed by atoms with E-state index in [2.05, 4.69) is 22.4 Å². The lowest BCUT2D eigenvalue weighted by molar-refractivity contribution is -0.147. The molecule has 1 aromatic heterocycles. The number of hydrogen-bond donors (Lipinski definition) is 2. The number of aliphatic carboxylic acids is 1. The zero-order valence-electron chi connectivity index (χ0n) is 19.8. The number of pyridine rings is 1. The highest BCUT2D eigenvalue weighted by Crippen LogP contribution is 2.44. The minimum atomic E-state index is -1.45. The van der Waals surface area contributed by atoms with Crippen LogP contribution in [0.1, 0.15) is 48.3 Å². The average Bonchev–Trinajstić information content (AvgIpc) is 3.17. The zero-order valence-corrected chi connectivity index (χ0v) is 19.8. The van der Waals surface area contributed by atoms with E-state index in [0.29, 0.717) is 0 Å². The third-order valence-electron chi connectivity index (χ3n) is 6.35. The lowest BCUT2D eigenvalue weighted by atomic mass is 9.98. The first-order valence-electron chi connectivity index (χ1n) is 11.4. The molecule has 1 aliphatic rings. The summed E-state index contributed by atoms with van der Waals surface area (Å²) in [6.07, 6.45) is 0.687. The Morgan fingerprint density at radius 2 is 1.60 bits per heavy atom. The molecule has 0 fully saturated rings. The van der Waals surface area contributed by atoms with Crippen LogP contribution in [0.3, 0.4) is 0 Å². The summed E-state index contributed by atoms with van der Waals surface area (Å²) in [5, 5.41) is 12.2. The fraction of sp³-hybridized carbons (Fsp3) is 0.259. The van der Waals surface area contributed by atoms with Crippen LogP contribution in [-0.2, 0) is 9.53 Å². The van der Waals surface area contributed by atoms with Crippen molar-refractivity contribution in [1.82, 2.24) is 9.88 Å². The molecule has 35 heavy (non-hydrogen) atoms. The van der Waals surface area contributed by atoms with E-state index in [4.69, 9.17) is 4.74 Å². The fourth-order valence-electron chi connectivity index (χ4n) is 4.46. The first kappa shape index (κ1) is 23.9. The summed E-state index contributed by atoms with van der Waals surface area (Å²) in [4.78, 5) is 42.9. The van der Waals surface area contributed by atoms with E-state index in [9.17, 15) is 19.5 Å². The summed E-state index contributed by atoms with van der Waals surface area (Å²) in [7, 11) is 0. The number of carboxylic acids is 1. The van der Waals surface area contributed by atoms with Crippen LogP contribution in [0.15, 0.2) is 66.9 Å². The number of likely N-dealkylation sites (N-methyl/N-ethyl adjacent to an activating group) is 1. The van der Waals surface area contributed by atoms with E-state index in [1.165, 1.54) is 31.0 Å². The van der Waals surface area contributed by atoms with E-state index in [-0.39, 0.29) is 30.5 Å². The standard InChI is InChI=1S/C27H27N3O5/c1-4-30(27(2,3)25(32)33)24(31)23-22(14-9-15-28-23)29-26(34)35-16-21-19-12-7-5-10-17(19)18-11-6-8-13-20(18)21/h5-15,21H,4,16H2,1-3H3,(H,29,34)(H,32,33). The Balaban J connectivity index is 1.51. The van der Waals surface area contributed by atoms with Crippen LogP contribution in [0, 0.1) is 0 Å². The molecule has 0 radical (unpaired) electrons. The van der Waals surface area contributed by atoms with Gasteiger partial charge in [0.15, 0.2) is 5.69 Å². The predicted octanol–water partition coefficient (Wildman–Crippen LogP) is 4.77. The molecule has 4 rings (SSSR count). The lowest BCUT2D eigenvalue weighted by Crippen LogP contribution is -2.53. The number of amides is 2. The Bertz CT molecular complexity index is 1240. The quantitative estimate of drug-likeness (QED) is 0.512. The summed E-state index contributed by atoms with van der Waals surface area (Å²) < 4.78 is 5.57. The summed E-state index contributed by atoms with van der Waals surface area (Å²) in [6, 6.07) is 19.2. The Labute approximate surface area is 203 Å². The molecule has 2 N–H and O–H groups in total. The molecule has 0 atom stereocenters. The first-order valence-corrected chi connectivity index (χ1v) is 11.4. The second-order valence-electron chi connectivity index (χ2n) is 8.76. The Morgan fingerprint density at radius 3 is 2.17 bits per heavy atom. The number of carbonyl (C=O) groups is 3. The summed E-state index contributed by atoms with van der Waals surface area (Å²) in [5.41, 5.74) is 3.06. The highest BCUT2D eigenvalue weighted by atomic mass is 16.5. The third-order valence-corrected chi connectivity index (χ3v) is 6.35. The monoisotopic (exact) mass is 473 g/mol. The van der Waals surface area contributed by atoms with Gasteiger partial charge in [-0.1, -0.05) is 48.5 Å². The van der Waals surface area contributed by atoms with E-state index >= 15 is 0 Å². The van der Waals surface area contributed by atoms with Gasteiger partial charge in [0.05, 0.1) is 5.69 Å². The van der Waals surface area contributed by atoms with Gasteiger partial charge in [-0.25, -0.2) is 14.6 Å². The van der Waals surface area contributed by atoms with Gasteiger partial charge in [0.25, 0.3) is 5.91 Å². The molecule has 0 unspecified atom stereocenters. The molecule has 2 aromatic carbocycles. The van der Waals surface area contributed by atoms with Gasteiger partial charge in [-0.3, -0.25) is 10.1 Å². The highest BCUT2D eigenvalue weighted by Gasteiger charge is 2.38. The van der Waals surface area contributed by atoms with Gasteiger partial charge in [0.1, 0.15) is 12.1 Å². The molecule has 0 saturated heterocycles. The van der Waals surface area contributed by atoms with Gasteiger partial charge < -0.3 is 14.7 Å². The highest BCUT2D eigenvalue weighted by molar-refractivity contribution is 6.02. The molecule has 0 aliphatic heterocycles. The van der Waals surface area contributed by atoms with Crippen molar-refractivity contribution in [2.45, 2.75) is 32.2 Å². The third kappa shape index (κ3) is 4.47. The molecule has 8 nitrogen and oxygen atoms in total. The molecule has 2 amide bonds. The fourth-order valence-corrected chi connectivity index (χ4v) is 4.46. The van der Waals surface area contributed by atoms with Crippen LogP contribution in [0.4, 0.5) is 10.5 Å². The lowest BCUT2D eigenvalue weighted by Gasteiger charge is -2.34. The minimum absolute atomic E-state index is 0.0582. The van der Waals surface area contributed by atoms with Gasteiger partial charge in [-0.15, -0.1) is 0 Å². The second-order valence-corrected chi connectivity index (χ2v) is 8.76. The van der Waals surface area contributed by atoms with Crippen molar-refractivity contribution in [2.75, 3.05) is 18.5 Å². The largest absolute Gasteiger partial charge is 0.480 e. The first-order chi connectivity index (χ1) is 16.8. The Kier molecular flexibility index (Phi) is 6.55. The molecular formula is C27H27N3O5. The topological polar surface area (TPSA) is 109 Å². The van der Waals surface area contributed by atoms with Crippen LogP contribution in [-0.4, -0.2) is 51.7 Å². The van der Waals surface area contributed by atoms with Crippen molar-refractivity contribution in [3.8, 4) is 11.1 Å². The normalized spacial score (nSPS) is 12.4. The summed E-state index contributed by atoms with van der Waals surface area (Å²) in [5.74, 6) is -1.85. The molecule has 180 valence electrons. The van der Waals surface area contributed by atoms with Crippen molar-refractivity contribution in [1.29, 1.82) is 0 Å². The number of rotatable bonds is 7. The number of nitrogens with zero attached hydrogens (tertiary/aromatic N) is 2. The average molecular weight is 474 g/mol. The van der Waals surface area contributed by atoms with Gasteiger partial charge in [0, 0.05) is 18.7 Å². The van der Waals surface area contributed by atoms with Crippen molar-refractivity contribution in [2.24, 2.45) is 0 Å². The van der Waals surface area contributed by atoms with E-state index in [1.807, 2.05) is 36.4 Å². The molecular weight excluding hydrogens is 446 g/mol.